The third-order valence-corrected chi connectivity index (χ3v) is 7.25. The largest absolute Gasteiger partial charge is 0.454 e. The van der Waals surface area contributed by atoms with Gasteiger partial charge in [0.25, 0.3) is 10.0 Å². The van der Waals surface area contributed by atoms with Gasteiger partial charge < -0.3 is 14.0 Å². The smallest absolute Gasteiger partial charge is 0.264 e. The van der Waals surface area contributed by atoms with Gasteiger partial charge in [-0.15, -0.1) is 0 Å². The number of carbonyl (C=O) groups excluding carboxylic acids is 1. The molecular weight excluding hydrogens is 472 g/mol. The molecule has 1 aliphatic rings. The summed E-state index contributed by atoms with van der Waals surface area (Å²) in [5.41, 5.74) is 1.01. The predicted molar refractivity (Wildman–Crippen MR) is 103 cm³/mol. The van der Waals surface area contributed by atoms with Crippen LogP contribution in [0.3, 0.4) is 0 Å². The highest BCUT2D eigenvalue weighted by atomic mass is 79.9. The fourth-order valence-electron chi connectivity index (χ4n) is 2.73. The molecule has 0 bridgehead atoms. The molecule has 8 nitrogen and oxygen atoms in total. The van der Waals surface area contributed by atoms with Crippen LogP contribution < -0.4 is 14.2 Å². The Hall–Kier alpha value is -2.37. The minimum atomic E-state index is -4.02. The first-order valence-electron chi connectivity index (χ1n) is 7.97. The van der Waals surface area contributed by atoms with Crippen molar-refractivity contribution in [3.8, 4) is 11.5 Å². The van der Waals surface area contributed by atoms with Crippen LogP contribution in [0.4, 0.5) is 0 Å². The normalized spacial score (nSPS) is 14.1. The highest BCUT2D eigenvalue weighted by Gasteiger charge is 2.34. The minimum Gasteiger partial charge on any atom is -0.454 e. The zero-order valence-electron chi connectivity index (χ0n) is 14.3. The van der Waals surface area contributed by atoms with E-state index in [4.69, 9.17) is 14.0 Å². The standard InChI is InChI=1S/C17H13BrN2O6S2/c1-9-15(18)16(26-19-9)14(10-2-3-12-13(6-10)25-8-24-12)17(21)20-28(22,23)11-4-5-27-7-11/h2-7,14H,8H2,1H3,(H,20,21). The maximum atomic E-state index is 13.0. The molecule has 1 atom stereocenters. The molecule has 146 valence electrons. The van der Waals surface area contributed by atoms with E-state index in [1.165, 1.54) is 22.8 Å². The molecule has 0 aliphatic carbocycles. The Morgan fingerprint density at radius 3 is 2.75 bits per heavy atom. The SMILES string of the molecule is Cc1noc(C(C(=O)NS(=O)(=O)c2ccsc2)c2ccc3c(c2)OCO3)c1Br. The topological polar surface area (TPSA) is 108 Å². The van der Waals surface area contributed by atoms with E-state index in [0.717, 1.165) is 0 Å². The molecule has 1 aromatic carbocycles. The van der Waals surface area contributed by atoms with Crippen LogP contribution in [-0.4, -0.2) is 26.3 Å². The molecule has 0 saturated heterocycles. The lowest BCUT2D eigenvalue weighted by molar-refractivity contribution is -0.120. The molecule has 0 fully saturated rings. The van der Waals surface area contributed by atoms with Crippen molar-refractivity contribution in [3.05, 3.63) is 56.5 Å². The lowest BCUT2D eigenvalue weighted by Crippen LogP contribution is -2.35. The van der Waals surface area contributed by atoms with Crippen LogP contribution in [0.2, 0.25) is 0 Å². The third kappa shape index (κ3) is 3.40. The van der Waals surface area contributed by atoms with E-state index in [1.54, 1.807) is 30.5 Å². The summed E-state index contributed by atoms with van der Waals surface area (Å²) >= 11 is 4.57. The molecule has 2 aromatic heterocycles. The van der Waals surface area contributed by atoms with Crippen molar-refractivity contribution in [1.82, 2.24) is 9.88 Å². The van der Waals surface area contributed by atoms with Crippen molar-refractivity contribution in [2.75, 3.05) is 6.79 Å². The van der Waals surface area contributed by atoms with Crippen LogP contribution in [0.25, 0.3) is 0 Å². The molecule has 1 unspecified atom stereocenters. The highest BCUT2D eigenvalue weighted by molar-refractivity contribution is 9.10. The Bertz CT molecular complexity index is 1140. The van der Waals surface area contributed by atoms with Gasteiger partial charge in [-0.2, -0.15) is 11.3 Å². The van der Waals surface area contributed by atoms with E-state index in [2.05, 4.69) is 25.8 Å². The number of aromatic nitrogens is 1. The summed E-state index contributed by atoms with van der Waals surface area (Å²) in [6.45, 7) is 1.78. The number of halogens is 1. The lowest BCUT2D eigenvalue weighted by Gasteiger charge is -2.15. The number of benzene rings is 1. The second-order valence-electron chi connectivity index (χ2n) is 5.92. The number of nitrogens with one attached hydrogen (secondary N) is 1. The fraction of sp³-hybridized carbons (Fsp3) is 0.176. The lowest BCUT2D eigenvalue weighted by atomic mass is 9.95. The number of fused-ring (bicyclic) bond motifs is 1. The summed E-state index contributed by atoms with van der Waals surface area (Å²) in [7, 11) is -4.02. The van der Waals surface area contributed by atoms with Crippen molar-refractivity contribution in [2.45, 2.75) is 17.7 Å². The van der Waals surface area contributed by atoms with Crippen molar-refractivity contribution in [1.29, 1.82) is 0 Å². The molecule has 3 heterocycles. The molecule has 4 rings (SSSR count). The van der Waals surface area contributed by atoms with Gasteiger partial charge >= 0.3 is 0 Å². The average molecular weight is 485 g/mol. The van der Waals surface area contributed by atoms with Crippen molar-refractivity contribution >= 4 is 43.2 Å². The number of carbonyl (C=O) groups is 1. The van der Waals surface area contributed by atoms with E-state index < -0.39 is 21.8 Å². The quantitative estimate of drug-likeness (QED) is 0.592. The van der Waals surface area contributed by atoms with E-state index in [9.17, 15) is 13.2 Å². The number of thiophene rings is 1. The number of rotatable bonds is 5. The maximum Gasteiger partial charge on any atom is 0.264 e. The predicted octanol–water partition coefficient (Wildman–Crippen LogP) is 3.17. The summed E-state index contributed by atoms with van der Waals surface area (Å²) in [4.78, 5) is 13.1. The Balaban J connectivity index is 1.75. The van der Waals surface area contributed by atoms with E-state index in [1.807, 2.05) is 0 Å². The van der Waals surface area contributed by atoms with Gasteiger partial charge in [0.15, 0.2) is 17.3 Å². The first kappa shape index (κ1) is 19.0. The van der Waals surface area contributed by atoms with Gasteiger partial charge in [0.2, 0.25) is 12.7 Å². The average Bonchev–Trinajstić information content (AvgIpc) is 3.39. The van der Waals surface area contributed by atoms with Crippen molar-refractivity contribution in [3.63, 3.8) is 0 Å². The minimum absolute atomic E-state index is 0.0168. The molecule has 0 spiro atoms. The molecule has 11 heteroatoms. The zero-order valence-corrected chi connectivity index (χ0v) is 17.6. The molecule has 28 heavy (non-hydrogen) atoms. The Labute approximate surface area is 172 Å². The van der Waals surface area contributed by atoms with E-state index in [0.29, 0.717) is 27.2 Å². The monoisotopic (exact) mass is 484 g/mol. The number of aryl methyl sites for hydroxylation is 1. The molecule has 0 radical (unpaired) electrons. The Morgan fingerprint density at radius 2 is 2.07 bits per heavy atom. The van der Waals surface area contributed by atoms with Crippen LogP contribution in [0.1, 0.15) is 22.9 Å². The van der Waals surface area contributed by atoms with Crippen LogP contribution in [0.5, 0.6) is 11.5 Å². The molecule has 1 amide bonds. The molecular formula is C17H13BrN2O6S2. The highest BCUT2D eigenvalue weighted by Crippen LogP contribution is 2.39. The summed E-state index contributed by atoms with van der Waals surface area (Å²) in [5, 5.41) is 6.92. The van der Waals surface area contributed by atoms with E-state index >= 15 is 0 Å². The van der Waals surface area contributed by atoms with Crippen LogP contribution in [0.15, 0.2) is 48.9 Å². The molecule has 0 saturated carbocycles. The van der Waals surface area contributed by atoms with Gasteiger partial charge in [0, 0.05) is 5.38 Å². The molecule has 1 N–H and O–H groups in total. The van der Waals surface area contributed by atoms with E-state index in [-0.39, 0.29) is 17.4 Å². The number of hydrogen-bond acceptors (Lipinski definition) is 8. The van der Waals surface area contributed by atoms with Gasteiger partial charge in [0.05, 0.1) is 15.1 Å². The summed E-state index contributed by atoms with van der Waals surface area (Å²) in [6.07, 6.45) is 0. The first-order chi connectivity index (χ1) is 13.4. The number of nitrogens with zero attached hydrogens (tertiary/aromatic N) is 1. The van der Waals surface area contributed by atoms with Crippen LogP contribution in [0, 0.1) is 6.92 Å². The van der Waals surface area contributed by atoms with Gasteiger partial charge in [0.1, 0.15) is 5.92 Å². The summed E-state index contributed by atoms with van der Waals surface area (Å²) < 4.78 is 43.6. The number of hydrogen-bond donors (Lipinski definition) is 1. The van der Waals surface area contributed by atoms with Crippen molar-refractivity contribution < 1.29 is 27.2 Å². The van der Waals surface area contributed by atoms with Gasteiger partial charge in [-0.05, 0) is 52.0 Å². The fourth-order valence-corrected chi connectivity index (χ4v) is 5.12. The number of amides is 1. The molecule has 3 aromatic rings. The van der Waals surface area contributed by atoms with Crippen LogP contribution in [-0.2, 0) is 14.8 Å². The third-order valence-electron chi connectivity index (χ3n) is 4.11. The van der Waals surface area contributed by atoms with Crippen molar-refractivity contribution in [2.24, 2.45) is 0 Å². The summed E-state index contributed by atoms with van der Waals surface area (Å²) in [5.74, 6) is -0.653. The summed E-state index contributed by atoms with van der Waals surface area (Å²) in [6, 6.07) is 6.35. The number of ether oxygens (including phenoxy) is 2. The van der Waals surface area contributed by atoms with Crippen LogP contribution >= 0.6 is 27.3 Å². The Kier molecular flexibility index (Phi) is 4.89. The maximum absolute atomic E-state index is 13.0. The second-order valence-corrected chi connectivity index (χ2v) is 9.18. The first-order valence-corrected chi connectivity index (χ1v) is 11.2. The molecule has 1 aliphatic heterocycles. The zero-order chi connectivity index (χ0) is 19.9. The van der Waals surface area contributed by atoms with Gasteiger partial charge in [-0.25, -0.2) is 13.1 Å². The van der Waals surface area contributed by atoms with Gasteiger partial charge in [-0.3, -0.25) is 4.79 Å². The second kappa shape index (κ2) is 7.22. The number of sulfonamides is 1. The Morgan fingerprint density at radius 1 is 1.29 bits per heavy atom. The van der Waals surface area contributed by atoms with Gasteiger partial charge in [-0.1, -0.05) is 11.2 Å².